The number of aromatic nitrogens is 1. The molecule has 2 aromatic rings. The van der Waals surface area contributed by atoms with E-state index >= 15 is 0 Å². The van der Waals surface area contributed by atoms with E-state index in [0.717, 1.165) is 36.8 Å². The third-order valence-corrected chi connectivity index (χ3v) is 6.10. The Balaban J connectivity index is 1.67. The second-order valence-corrected chi connectivity index (χ2v) is 8.07. The molecule has 1 N–H and O–H groups in total. The van der Waals surface area contributed by atoms with Crippen LogP contribution in [0, 0.1) is 6.92 Å². The first kappa shape index (κ1) is 16.0. The number of thiocarbonyl (C=S) groups is 1. The number of hydrogen-bond acceptors (Lipinski definition) is 4. The molecule has 2 aliphatic rings. The minimum absolute atomic E-state index is 0.0816. The second-order valence-electron chi connectivity index (χ2n) is 6.36. The number of hydrogen-bond donors (Lipinski definition) is 1. The Bertz CT molecular complexity index is 712. The lowest BCUT2D eigenvalue weighted by Crippen LogP contribution is -2.36. The van der Waals surface area contributed by atoms with Crippen LogP contribution in [-0.2, 0) is 4.74 Å². The summed E-state index contributed by atoms with van der Waals surface area (Å²) in [5, 5.41) is 4.30. The summed E-state index contributed by atoms with van der Waals surface area (Å²) in [6.45, 7) is 3.86. The SMILES string of the molecule is Cc1ccc([C@@H]2[C@H](c3ccccn3)NC(=S)N2C[C@@H]2CCCO2)s1. The summed E-state index contributed by atoms with van der Waals surface area (Å²) in [5.41, 5.74) is 1.03. The monoisotopic (exact) mass is 359 g/mol. The van der Waals surface area contributed by atoms with Crippen molar-refractivity contribution < 1.29 is 4.74 Å². The molecule has 0 aromatic carbocycles. The standard InChI is InChI=1S/C18H21N3OS2/c1-12-7-8-15(24-12)17-16(14-6-2-3-9-19-14)20-18(23)21(17)11-13-5-4-10-22-13/h2-3,6-9,13,16-17H,4-5,10-11H2,1H3,(H,20,23)/t13-,16-,17+/m0/s1. The first-order valence-electron chi connectivity index (χ1n) is 8.38. The van der Waals surface area contributed by atoms with E-state index < -0.39 is 0 Å². The molecular formula is C18H21N3OS2. The Labute approximate surface area is 151 Å². The van der Waals surface area contributed by atoms with Gasteiger partial charge in [0, 0.05) is 29.1 Å². The fraction of sp³-hybridized carbons (Fsp3) is 0.444. The van der Waals surface area contributed by atoms with Gasteiger partial charge in [-0.2, -0.15) is 0 Å². The van der Waals surface area contributed by atoms with Crippen molar-refractivity contribution in [3.63, 3.8) is 0 Å². The van der Waals surface area contributed by atoms with Gasteiger partial charge in [0.2, 0.25) is 0 Å². The molecule has 24 heavy (non-hydrogen) atoms. The number of aryl methyl sites for hydroxylation is 1. The third-order valence-electron chi connectivity index (χ3n) is 4.67. The molecule has 0 aliphatic carbocycles. The van der Waals surface area contributed by atoms with E-state index in [2.05, 4.69) is 40.3 Å². The first-order chi connectivity index (χ1) is 11.7. The van der Waals surface area contributed by atoms with Gasteiger partial charge in [-0.05, 0) is 56.2 Å². The van der Waals surface area contributed by atoms with Gasteiger partial charge in [0.15, 0.2) is 5.11 Å². The Hall–Kier alpha value is -1.50. The maximum atomic E-state index is 5.85. The predicted octanol–water partition coefficient (Wildman–Crippen LogP) is 3.60. The third kappa shape index (κ3) is 3.06. The van der Waals surface area contributed by atoms with Crippen LogP contribution in [0.1, 0.15) is 40.4 Å². The van der Waals surface area contributed by atoms with Gasteiger partial charge in [0.25, 0.3) is 0 Å². The zero-order chi connectivity index (χ0) is 16.5. The fourth-order valence-corrected chi connectivity index (χ4v) is 4.87. The van der Waals surface area contributed by atoms with Crippen molar-refractivity contribution in [3.05, 3.63) is 52.0 Å². The summed E-state index contributed by atoms with van der Waals surface area (Å²) < 4.78 is 5.85. The van der Waals surface area contributed by atoms with Gasteiger partial charge in [-0.25, -0.2) is 0 Å². The molecule has 6 heteroatoms. The van der Waals surface area contributed by atoms with Gasteiger partial charge in [0.1, 0.15) is 0 Å². The van der Waals surface area contributed by atoms with Crippen LogP contribution in [0.2, 0.25) is 0 Å². The normalized spacial score (nSPS) is 26.8. The average Bonchev–Trinajstić information content (AvgIpc) is 3.31. The predicted molar refractivity (Wildman–Crippen MR) is 100 cm³/mol. The van der Waals surface area contributed by atoms with E-state index in [1.165, 1.54) is 9.75 Å². The molecular weight excluding hydrogens is 338 g/mol. The minimum Gasteiger partial charge on any atom is -0.376 e. The Morgan fingerprint density at radius 2 is 2.29 bits per heavy atom. The quantitative estimate of drug-likeness (QED) is 0.844. The largest absolute Gasteiger partial charge is 0.376 e. The van der Waals surface area contributed by atoms with Crippen LogP contribution < -0.4 is 5.32 Å². The van der Waals surface area contributed by atoms with Crippen LogP contribution in [0.15, 0.2) is 36.5 Å². The number of nitrogens with zero attached hydrogens (tertiary/aromatic N) is 2. The van der Waals surface area contributed by atoms with E-state index in [4.69, 9.17) is 17.0 Å². The number of nitrogens with one attached hydrogen (secondary N) is 1. The molecule has 0 amide bonds. The fourth-order valence-electron chi connectivity index (χ4n) is 3.53. The van der Waals surface area contributed by atoms with Crippen molar-refractivity contribution in [1.82, 2.24) is 15.2 Å². The molecule has 2 aliphatic heterocycles. The summed E-state index contributed by atoms with van der Waals surface area (Å²) in [6.07, 6.45) is 4.38. The molecule has 4 nitrogen and oxygen atoms in total. The van der Waals surface area contributed by atoms with Crippen LogP contribution in [0.25, 0.3) is 0 Å². The van der Waals surface area contributed by atoms with Gasteiger partial charge < -0.3 is 15.0 Å². The van der Waals surface area contributed by atoms with Crippen LogP contribution in [0.3, 0.4) is 0 Å². The number of ether oxygens (including phenoxy) is 1. The highest BCUT2D eigenvalue weighted by molar-refractivity contribution is 7.80. The number of thiophene rings is 1. The van der Waals surface area contributed by atoms with Gasteiger partial charge in [0.05, 0.1) is 23.9 Å². The van der Waals surface area contributed by atoms with E-state index in [0.29, 0.717) is 0 Å². The maximum absolute atomic E-state index is 5.85. The summed E-state index contributed by atoms with van der Waals surface area (Å²) in [5.74, 6) is 0. The van der Waals surface area contributed by atoms with Crippen molar-refractivity contribution in [2.45, 2.75) is 38.0 Å². The Morgan fingerprint density at radius 3 is 2.96 bits per heavy atom. The van der Waals surface area contributed by atoms with Crippen LogP contribution in [0.5, 0.6) is 0 Å². The number of rotatable bonds is 4. The molecule has 3 atom stereocenters. The van der Waals surface area contributed by atoms with E-state index in [9.17, 15) is 0 Å². The first-order valence-corrected chi connectivity index (χ1v) is 9.61. The lowest BCUT2D eigenvalue weighted by atomic mass is 10.0. The molecule has 2 saturated heterocycles. The van der Waals surface area contributed by atoms with Crippen LogP contribution >= 0.6 is 23.6 Å². The molecule has 2 fully saturated rings. The minimum atomic E-state index is 0.0816. The van der Waals surface area contributed by atoms with Crippen LogP contribution in [0.4, 0.5) is 0 Å². The zero-order valence-electron chi connectivity index (χ0n) is 13.6. The van der Waals surface area contributed by atoms with Crippen molar-refractivity contribution in [2.75, 3.05) is 13.2 Å². The van der Waals surface area contributed by atoms with Crippen molar-refractivity contribution in [1.29, 1.82) is 0 Å². The van der Waals surface area contributed by atoms with Crippen molar-refractivity contribution in [2.24, 2.45) is 0 Å². The molecule has 0 unspecified atom stereocenters. The molecule has 126 valence electrons. The van der Waals surface area contributed by atoms with E-state index in [1.807, 2.05) is 29.7 Å². The van der Waals surface area contributed by atoms with Crippen molar-refractivity contribution in [3.8, 4) is 0 Å². The summed E-state index contributed by atoms with van der Waals surface area (Å²) >= 11 is 7.51. The lowest BCUT2D eigenvalue weighted by molar-refractivity contribution is 0.0846. The van der Waals surface area contributed by atoms with Gasteiger partial charge >= 0.3 is 0 Å². The molecule has 4 rings (SSSR count). The Kier molecular flexibility index (Phi) is 4.52. The topological polar surface area (TPSA) is 37.4 Å². The summed E-state index contributed by atoms with van der Waals surface area (Å²) in [6, 6.07) is 10.7. The highest BCUT2D eigenvalue weighted by Crippen LogP contribution is 2.41. The lowest BCUT2D eigenvalue weighted by Gasteiger charge is -2.28. The van der Waals surface area contributed by atoms with Gasteiger partial charge in [-0.3, -0.25) is 4.98 Å². The average molecular weight is 360 g/mol. The molecule has 0 saturated carbocycles. The van der Waals surface area contributed by atoms with Crippen molar-refractivity contribution >= 4 is 28.7 Å². The van der Waals surface area contributed by atoms with Gasteiger partial charge in [-0.1, -0.05) is 6.07 Å². The second kappa shape index (κ2) is 6.78. The smallest absolute Gasteiger partial charge is 0.170 e. The molecule has 4 heterocycles. The Morgan fingerprint density at radius 1 is 1.38 bits per heavy atom. The summed E-state index contributed by atoms with van der Waals surface area (Å²) in [7, 11) is 0. The highest BCUT2D eigenvalue weighted by Gasteiger charge is 2.41. The van der Waals surface area contributed by atoms with Gasteiger partial charge in [-0.15, -0.1) is 11.3 Å². The summed E-state index contributed by atoms with van der Waals surface area (Å²) in [4.78, 5) is 9.52. The highest BCUT2D eigenvalue weighted by atomic mass is 32.1. The number of pyridine rings is 1. The molecule has 2 aromatic heterocycles. The van der Waals surface area contributed by atoms with Crippen LogP contribution in [-0.4, -0.2) is 34.3 Å². The molecule has 0 radical (unpaired) electrons. The van der Waals surface area contributed by atoms with E-state index in [-0.39, 0.29) is 18.2 Å². The van der Waals surface area contributed by atoms with E-state index in [1.54, 1.807) is 0 Å². The zero-order valence-corrected chi connectivity index (χ0v) is 15.3. The molecule has 0 bridgehead atoms. The maximum Gasteiger partial charge on any atom is 0.170 e. The molecule has 0 spiro atoms.